The zero-order chi connectivity index (χ0) is 20.5. The van der Waals surface area contributed by atoms with Gasteiger partial charge >= 0.3 is 5.91 Å². The minimum absolute atomic E-state index is 0.165. The lowest BCUT2D eigenvalue weighted by Gasteiger charge is -2.08. The first-order valence-corrected chi connectivity index (χ1v) is 9.16. The molecule has 4 aromatic rings. The van der Waals surface area contributed by atoms with Gasteiger partial charge in [0.25, 0.3) is 5.91 Å². The molecule has 0 saturated carbocycles. The summed E-state index contributed by atoms with van der Waals surface area (Å²) in [7, 11) is 0. The summed E-state index contributed by atoms with van der Waals surface area (Å²) in [4.78, 5) is 25.0. The molecule has 29 heavy (non-hydrogen) atoms. The first kappa shape index (κ1) is 18.5. The minimum atomic E-state index is -0.518. The molecule has 0 unspecified atom stereocenters. The monoisotopic (exact) mass is 388 g/mol. The zero-order valence-electron chi connectivity index (χ0n) is 16.3. The number of hydrogen-bond donors (Lipinski definition) is 2. The maximum absolute atomic E-state index is 12.6. The number of carbonyl (C=O) groups is 2. The molecular weight excluding hydrogens is 368 g/mol. The number of nitrogens with one attached hydrogen (secondary N) is 2. The second kappa shape index (κ2) is 7.27. The highest BCUT2D eigenvalue weighted by atomic mass is 16.3. The molecule has 2 N–H and O–H groups in total. The van der Waals surface area contributed by atoms with Gasteiger partial charge in [0.2, 0.25) is 0 Å². The second-order valence-corrected chi connectivity index (χ2v) is 6.86. The first-order valence-electron chi connectivity index (χ1n) is 9.16. The van der Waals surface area contributed by atoms with E-state index in [0.29, 0.717) is 16.8 Å². The van der Waals surface area contributed by atoms with E-state index in [0.717, 1.165) is 22.2 Å². The van der Waals surface area contributed by atoms with Crippen LogP contribution in [0.1, 0.15) is 37.7 Å². The molecule has 0 radical (unpaired) electrons. The lowest BCUT2D eigenvalue weighted by atomic mass is 10.1. The van der Waals surface area contributed by atoms with Crippen molar-refractivity contribution in [1.82, 2.24) is 20.6 Å². The van der Waals surface area contributed by atoms with Gasteiger partial charge in [-0.2, -0.15) is 5.10 Å². The van der Waals surface area contributed by atoms with Gasteiger partial charge in [0.05, 0.1) is 23.1 Å². The number of carbonyl (C=O) groups excluding carboxylic acids is 2. The average molecular weight is 388 g/mol. The van der Waals surface area contributed by atoms with Crippen LogP contribution in [0.25, 0.3) is 16.7 Å². The maximum atomic E-state index is 12.6. The second-order valence-electron chi connectivity index (χ2n) is 6.86. The number of furan rings is 1. The molecule has 146 valence electrons. The van der Waals surface area contributed by atoms with Crippen LogP contribution in [-0.4, -0.2) is 21.6 Å². The van der Waals surface area contributed by atoms with E-state index in [2.05, 4.69) is 16.0 Å². The summed E-state index contributed by atoms with van der Waals surface area (Å²) in [6, 6.07) is 15.2. The Balaban J connectivity index is 1.50. The molecule has 2 amide bonds. The molecule has 4 rings (SSSR count). The van der Waals surface area contributed by atoms with Crippen LogP contribution < -0.4 is 10.9 Å². The number of aromatic nitrogens is 2. The van der Waals surface area contributed by atoms with Gasteiger partial charge in [0.15, 0.2) is 5.76 Å². The van der Waals surface area contributed by atoms with Crippen molar-refractivity contribution in [1.29, 1.82) is 0 Å². The third-order valence-corrected chi connectivity index (χ3v) is 4.84. The number of rotatable bonds is 3. The Morgan fingerprint density at radius 1 is 0.966 bits per heavy atom. The highest BCUT2D eigenvalue weighted by molar-refractivity contribution is 6.01. The van der Waals surface area contributed by atoms with Crippen LogP contribution in [0.15, 0.2) is 59.1 Å². The van der Waals surface area contributed by atoms with Crippen LogP contribution in [-0.2, 0) is 0 Å². The average Bonchev–Trinajstić information content (AvgIpc) is 3.26. The van der Waals surface area contributed by atoms with Crippen LogP contribution in [0.4, 0.5) is 0 Å². The van der Waals surface area contributed by atoms with Crippen molar-refractivity contribution in [2.75, 3.05) is 0 Å². The van der Waals surface area contributed by atoms with Gasteiger partial charge in [0.1, 0.15) is 5.58 Å². The topological polar surface area (TPSA) is 89.2 Å². The van der Waals surface area contributed by atoms with Crippen molar-refractivity contribution >= 4 is 22.8 Å². The summed E-state index contributed by atoms with van der Waals surface area (Å²) >= 11 is 0. The van der Waals surface area contributed by atoms with Gasteiger partial charge in [-0.3, -0.25) is 20.4 Å². The molecule has 0 aliphatic carbocycles. The Kier molecular flexibility index (Phi) is 4.64. The van der Waals surface area contributed by atoms with Gasteiger partial charge in [-0.1, -0.05) is 30.3 Å². The number of fused-ring (bicyclic) bond motifs is 1. The lowest BCUT2D eigenvalue weighted by molar-refractivity contribution is 0.0831. The molecule has 0 spiro atoms. The fraction of sp³-hybridized carbons (Fsp3) is 0.136. The third-order valence-electron chi connectivity index (χ3n) is 4.84. The Labute approximate surface area is 167 Å². The number of aryl methyl sites for hydroxylation is 2. The summed E-state index contributed by atoms with van der Waals surface area (Å²) in [5.41, 5.74) is 9.19. The summed E-state index contributed by atoms with van der Waals surface area (Å²) < 4.78 is 7.30. The first-order chi connectivity index (χ1) is 14.0. The van der Waals surface area contributed by atoms with Crippen molar-refractivity contribution in [2.45, 2.75) is 20.8 Å². The van der Waals surface area contributed by atoms with Gasteiger partial charge in [0, 0.05) is 10.9 Å². The van der Waals surface area contributed by atoms with E-state index >= 15 is 0 Å². The van der Waals surface area contributed by atoms with Gasteiger partial charge in [-0.15, -0.1) is 0 Å². The van der Waals surface area contributed by atoms with E-state index in [-0.39, 0.29) is 5.76 Å². The van der Waals surface area contributed by atoms with Crippen molar-refractivity contribution in [2.24, 2.45) is 0 Å². The molecule has 2 heterocycles. The molecule has 7 heteroatoms. The highest BCUT2D eigenvalue weighted by Gasteiger charge is 2.20. The smallest absolute Gasteiger partial charge is 0.305 e. The summed E-state index contributed by atoms with van der Waals surface area (Å²) in [6.07, 6.45) is 1.48. The molecule has 2 aromatic heterocycles. The fourth-order valence-corrected chi connectivity index (χ4v) is 3.28. The Bertz CT molecular complexity index is 1240. The van der Waals surface area contributed by atoms with E-state index < -0.39 is 11.8 Å². The quantitative estimate of drug-likeness (QED) is 0.525. The summed E-state index contributed by atoms with van der Waals surface area (Å²) in [5, 5.41) is 5.16. The molecule has 0 fully saturated rings. The molecule has 0 atom stereocenters. The normalized spacial score (nSPS) is 10.9. The van der Waals surface area contributed by atoms with Crippen molar-refractivity contribution in [3.05, 3.63) is 82.9 Å². The largest absolute Gasteiger partial charge is 0.451 e. The SMILES string of the molecule is Cc1cccc(-n2ncc(C(=O)NNC(=O)c3oc4ccccc4c3C)c2C)c1. The fourth-order valence-electron chi connectivity index (χ4n) is 3.28. The van der Waals surface area contributed by atoms with Crippen LogP contribution in [0.5, 0.6) is 0 Å². The van der Waals surface area contributed by atoms with Crippen molar-refractivity contribution in [3.63, 3.8) is 0 Å². The number of nitrogens with zero attached hydrogens (tertiary/aromatic N) is 2. The van der Waals surface area contributed by atoms with E-state index in [1.165, 1.54) is 6.20 Å². The predicted molar refractivity (Wildman–Crippen MR) is 109 cm³/mol. The van der Waals surface area contributed by atoms with E-state index in [1.54, 1.807) is 24.6 Å². The van der Waals surface area contributed by atoms with Crippen molar-refractivity contribution < 1.29 is 14.0 Å². The van der Waals surface area contributed by atoms with Crippen LogP contribution in [0.3, 0.4) is 0 Å². The molecule has 2 aromatic carbocycles. The predicted octanol–water partition coefficient (Wildman–Crippen LogP) is 3.62. The van der Waals surface area contributed by atoms with E-state index in [1.807, 2.05) is 49.4 Å². The molecule has 7 nitrogen and oxygen atoms in total. The van der Waals surface area contributed by atoms with Gasteiger partial charge in [-0.25, -0.2) is 4.68 Å². The van der Waals surface area contributed by atoms with Crippen LogP contribution in [0.2, 0.25) is 0 Å². The number of hydrogen-bond acceptors (Lipinski definition) is 4. The number of para-hydroxylation sites is 1. The zero-order valence-corrected chi connectivity index (χ0v) is 16.3. The maximum Gasteiger partial charge on any atom is 0.305 e. The van der Waals surface area contributed by atoms with Gasteiger partial charge in [-0.05, 0) is 44.5 Å². The summed E-state index contributed by atoms with van der Waals surface area (Å²) in [6.45, 7) is 5.60. The van der Waals surface area contributed by atoms with Crippen LogP contribution >= 0.6 is 0 Å². The van der Waals surface area contributed by atoms with Crippen LogP contribution in [0, 0.1) is 20.8 Å². The van der Waals surface area contributed by atoms with E-state index in [9.17, 15) is 9.59 Å². The summed E-state index contributed by atoms with van der Waals surface area (Å²) in [5.74, 6) is -0.807. The number of hydrazine groups is 1. The standard InChI is InChI=1S/C22H20N4O3/c1-13-7-6-8-16(11-13)26-15(3)18(12-23-26)21(27)24-25-22(28)20-14(2)17-9-4-5-10-19(17)29-20/h4-12H,1-3H3,(H,24,27)(H,25,28). The highest BCUT2D eigenvalue weighted by Crippen LogP contribution is 2.24. The molecular formula is C22H20N4O3. The minimum Gasteiger partial charge on any atom is -0.451 e. The lowest BCUT2D eigenvalue weighted by Crippen LogP contribution is -2.41. The Morgan fingerprint density at radius 3 is 2.48 bits per heavy atom. The molecule has 0 aliphatic heterocycles. The molecule has 0 aliphatic rings. The Hall–Kier alpha value is -3.87. The third kappa shape index (κ3) is 3.38. The number of benzene rings is 2. The Morgan fingerprint density at radius 2 is 1.72 bits per heavy atom. The van der Waals surface area contributed by atoms with E-state index in [4.69, 9.17) is 4.42 Å². The number of amides is 2. The van der Waals surface area contributed by atoms with Crippen molar-refractivity contribution in [3.8, 4) is 5.69 Å². The van der Waals surface area contributed by atoms with Gasteiger partial charge < -0.3 is 4.42 Å². The molecule has 0 saturated heterocycles. The molecule has 0 bridgehead atoms.